The predicted molar refractivity (Wildman–Crippen MR) is 126 cm³/mol. The zero-order valence-electron chi connectivity index (χ0n) is 17.6. The van der Waals surface area contributed by atoms with Crippen LogP contribution in [0.15, 0.2) is 47.6 Å². The fraction of sp³-hybridized carbons (Fsp3) is 0.318. The van der Waals surface area contributed by atoms with Crippen molar-refractivity contribution in [3.63, 3.8) is 0 Å². The molecule has 0 aliphatic heterocycles. The molecule has 0 saturated heterocycles. The van der Waals surface area contributed by atoms with Gasteiger partial charge in [-0.1, -0.05) is 54.0 Å². The highest BCUT2D eigenvalue weighted by molar-refractivity contribution is 7.99. The summed E-state index contributed by atoms with van der Waals surface area (Å²) in [6.45, 7) is 6.73. The van der Waals surface area contributed by atoms with E-state index >= 15 is 0 Å². The highest BCUT2D eigenvalue weighted by Crippen LogP contribution is 2.26. The summed E-state index contributed by atoms with van der Waals surface area (Å²) in [5.41, 5.74) is 1.81. The largest absolute Gasteiger partial charge is 0.483 e. The molecule has 1 amide bonds. The summed E-state index contributed by atoms with van der Waals surface area (Å²) in [5.74, 6) is 1.49. The van der Waals surface area contributed by atoms with E-state index in [0.29, 0.717) is 33.3 Å². The number of aromatic nitrogens is 3. The average molecular weight is 479 g/mol. The molecule has 0 spiro atoms. The molecule has 0 bridgehead atoms. The smallest absolute Gasteiger partial charge is 0.234 e. The van der Waals surface area contributed by atoms with E-state index in [1.165, 1.54) is 17.3 Å². The van der Waals surface area contributed by atoms with Crippen LogP contribution in [0.1, 0.15) is 38.3 Å². The van der Waals surface area contributed by atoms with E-state index in [4.69, 9.17) is 27.9 Å². The third-order valence-corrected chi connectivity index (χ3v) is 5.95. The summed E-state index contributed by atoms with van der Waals surface area (Å²) in [5, 5.41) is 12.9. The van der Waals surface area contributed by atoms with Gasteiger partial charge in [0.25, 0.3) is 0 Å². The average Bonchev–Trinajstić information content (AvgIpc) is 3.15. The number of nitrogens with one attached hydrogen (secondary N) is 1. The Morgan fingerprint density at radius 1 is 1.13 bits per heavy atom. The van der Waals surface area contributed by atoms with Gasteiger partial charge in [-0.15, -0.1) is 10.2 Å². The molecule has 0 aliphatic carbocycles. The number of carbonyl (C=O) groups is 1. The Labute approximate surface area is 196 Å². The molecule has 0 unspecified atom stereocenters. The summed E-state index contributed by atoms with van der Waals surface area (Å²) < 4.78 is 8.00. The van der Waals surface area contributed by atoms with Gasteiger partial charge in [-0.05, 0) is 56.2 Å². The van der Waals surface area contributed by atoms with Crippen molar-refractivity contribution in [2.45, 2.75) is 45.0 Å². The van der Waals surface area contributed by atoms with E-state index in [1.807, 2.05) is 30.5 Å². The molecule has 0 saturated carbocycles. The van der Waals surface area contributed by atoms with Crippen LogP contribution in [0.5, 0.6) is 5.75 Å². The Morgan fingerprint density at radius 2 is 1.81 bits per heavy atom. The monoisotopic (exact) mass is 478 g/mol. The first-order valence-corrected chi connectivity index (χ1v) is 11.7. The van der Waals surface area contributed by atoms with Crippen molar-refractivity contribution in [1.29, 1.82) is 0 Å². The van der Waals surface area contributed by atoms with E-state index in [0.717, 1.165) is 12.2 Å². The zero-order valence-corrected chi connectivity index (χ0v) is 19.9. The number of amides is 1. The SMILES string of the molecule is CCc1ccc(O[C@H](C)c2nnc(SCC(=O)Nc3cc(Cl)cc(Cl)c3)n2CC)cc1. The van der Waals surface area contributed by atoms with Gasteiger partial charge in [0.05, 0.1) is 5.75 Å². The van der Waals surface area contributed by atoms with Crippen molar-refractivity contribution in [2.75, 3.05) is 11.1 Å². The highest BCUT2D eigenvalue weighted by atomic mass is 35.5. The van der Waals surface area contributed by atoms with Gasteiger partial charge in [0.2, 0.25) is 5.91 Å². The number of benzene rings is 2. The Bertz CT molecular complexity index is 1020. The van der Waals surface area contributed by atoms with Crippen molar-refractivity contribution in [1.82, 2.24) is 14.8 Å². The summed E-state index contributed by atoms with van der Waals surface area (Å²) in [7, 11) is 0. The second-order valence-corrected chi connectivity index (χ2v) is 8.65. The first kappa shape index (κ1) is 23.4. The normalized spacial score (nSPS) is 11.9. The Morgan fingerprint density at radius 3 is 2.42 bits per heavy atom. The van der Waals surface area contributed by atoms with E-state index in [-0.39, 0.29) is 17.8 Å². The molecule has 3 rings (SSSR count). The van der Waals surface area contributed by atoms with E-state index in [2.05, 4.69) is 34.6 Å². The van der Waals surface area contributed by atoms with Crippen molar-refractivity contribution < 1.29 is 9.53 Å². The molecule has 164 valence electrons. The number of hydrogen-bond donors (Lipinski definition) is 1. The molecule has 1 N–H and O–H groups in total. The molecule has 0 aliphatic rings. The zero-order chi connectivity index (χ0) is 22.4. The molecule has 0 radical (unpaired) electrons. The molecule has 6 nitrogen and oxygen atoms in total. The van der Waals surface area contributed by atoms with Crippen molar-refractivity contribution >= 4 is 46.6 Å². The van der Waals surface area contributed by atoms with Gasteiger partial charge in [0.15, 0.2) is 17.1 Å². The van der Waals surface area contributed by atoms with Crippen LogP contribution in [0.25, 0.3) is 0 Å². The molecule has 0 fully saturated rings. The summed E-state index contributed by atoms with van der Waals surface area (Å²) in [6, 6.07) is 12.9. The minimum Gasteiger partial charge on any atom is -0.483 e. The topological polar surface area (TPSA) is 69.0 Å². The lowest BCUT2D eigenvalue weighted by molar-refractivity contribution is -0.113. The van der Waals surface area contributed by atoms with Crippen LogP contribution < -0.4 is 10.1 Å². The van der Waals surface area contributed by atoms with Crippen LogP contribution in [0.3, 0.4) is 0 Å². The number of carbonyl (C=O) groups excluding carboxylic acids is 1. The third-order valence-electron chi connectivity index (χ3n) is 4.55. The van der Waals surface area contributed by atoms with Crippen LogP contribution in [0.2, 0.25) is 10.0 Å². The van der Waals surface area contributed by atoms with E-state index < -0.39 is 0 Å². The molecule has 9 heteroatoms. The Kier molecular flexibility index (Phi) is 8.23. The molecule has 1 atom stereocenters. The van der Waals surface area contributed by atoms with Gasteiger partial charge in [-0.2, -0.15) is 0 Å². The van der Waals surface area contributed by atoms with Crippen molar-refractivity contribution in [3.05, 3.63) is 63.9 Å². The fourth-order valence-electron chi connectivity index (χ4n) is 3.02. The molecule has 1 heterocycles. The van der Waals surface area contributed by atoms with Crippen LogP contribution in [-0.2, 0) is 17.8 Å². The second-order valence-electron chi connectivity index (χ2n) is 6.84. The second kappa shape index (κ2) is 10.9. The van der Waals surface area contributed by atoms with Gasteiger partial charge < -0.3 is 14.6 Å². The maximum Gasteiger partial charge on any atom is 0.234 e. The summed E-state index contributed by atoms with van der Waals surface area (Å²) >= 11 is 13.3. The molecule has 3 aromatic rings. The Balaban J connectivity index is 1.62. The first-order valence-electron chi connectivity index (χ1n) is 9.97. The molecular weight excluding hydrogens is 455 g/mol. The third kappa shape index (κ3) is 6.38. The molecule has 31 heavy (non-hydrogen) atoms. The molecular formula is C22H24Cl2N4O2S. The van der Waals surface area contributed by atoms with Crippen LogP contribution >= 0.6 is 35.0 Å². The van der Waals surface area contributed by atoms with Gasteiger partial charge in [-0.25, -0.2) is 0 Å². The van der Waals surface area contributed by atoms with Crippen molar-refractivity contribution in [2.24, 2.45) is 0 Å². The maximum absolute atomic E-state index is 12.3. The van der Waals surface area contributed by atoms with Crippen LogP contribution in [0.4, 0.5) is 5.69 Å². The number of nitrogens with zero attached hydrogens (tertiary/aromatic N) is 3. The highest BCUT2D eigenvalue weighted by Gasteiger charge is 2.19. The number of halogens is 2. The van der Waals surface area contributed by atoms with Crippen molar-refractivity contribution in [3.8, 4) is 5.75 Å². The maximum atomic E-state index is 12.3. The van der Waals surface area contributed by atoms with Gasteiger partial charge in [0.1, 0.15) is 5.75 Å². The Hall–Kier alpha value is -2.22. The lowest BCUT2D eigenvalue weighted by Gasteiger charge is -2.16. The van der Waals surface area contributed by atoms with Crippen LogP contribution in [-0.4, -0.2) is 26.4 Å². The first-order chi connectivity index (χ1) is 14.9. The number of anilines is 1. The minimum atomic E-state index is -0.281. The summed E-state index contributed by atoms with van der Waals surface area (Å²) in [4.78, 5) is 12.3. The lowest BCUT2D eigenvalue weighted by atomic mass is 10.2. The van der Waals surface area contributed by atoms with E-state index in [9.17, 15) is 4.79 Å². The van der Waals surface area contributed by atoms with E-state index in [1.54, 1.807) is 18.2 Å². The fourth-order valence-corrected chi connectivity index (χ4v) is 4.35. The number of thioether (sulfide) groups is 1. The standard InChI is InChI=1S/C22H24Cl2N4O2S/c1-4-15-6-8-19(9-7-15)30-14(3)21-26-27-22(28(21)5-2)31-13-20(29)25-18-11-16(23)10-17(24)12-18/h6-12,14H,4-5,13H2,1-3H3,(H,25,29)/t14-/m1/s1. The molecule has 2 aromatic carbocycles. The number of hydrogen-bond acceptors (Lipinski definition) is 5. The predicted octanol–water partition coefficient (Wildman–Crippen LogP) is 6.04. The molecule has 1 aromatic heterocycles. The lowest BCUT2D eigenvalue weighted by Crippen LogP contribution is -2.15. The number of aryl methyl sites for hydroxylation is 1. The van der Waals surface area contributed by atoms with Gasteiger partial charge in [-0.3, -0.25) is 4.79 Å². The minimum absolute atomic E-state index is 0.177. The van der Waals surface area contributed by atoms with Gasteiger partial charge in [0, 0.05) is 22.3 Å². The quantitative estimate of drug-likeness (QED) is 0.379. The van der Waals surface area contributed by atoms with Crippen LogP contribution in [0, 0.1) is 0 Å². The summed E-state index contributed by atoms with van der Waals surface area (Å²) in [6.07, 6.45) is 0.704. The van der Waals surface area contributed by atoms with Gasteiger partial charge >= 0.3 is 0 Å². The number of ether oxygens (including phenoxy) is 1. The number of rotatable bonds is 9.